The number of rotatable bonds is 7. The van der Waals surface area contributed by atoms with Gasteiger partial charge in [-0.15, -0.1) is 0 Å². The molecule has 2 rings (SSSR count). The van der Waals surface area contributed by atoms with Crippen molar-refractivity contribution in [3.8, 4) is 0 Å². The maximum atomic E-state index is 12.5. The normalized spacial score (nSPS) is 11.7. The minimum Gasteiger partial charge on any atom is -0.305 e. The van der Waals surface area contributed by atoms with Crippen molar-refractivity contribution in [1.29, 1.82) is 0 Å². The lowest BCUT2D eigenvalue weighted by Crippen LogP contribution is -2.17. The van der Waals surface area contributed by atoms with Gasteiger partial charge < -0.3 is 5.32 Å². The molecule has 9 heteroatoms. The molecule has 0 spiro atoms. The predicted octanol–water partition coefficient (Wildman–Crippen LogP) is 2.03. The number of hydrogen-bond donors (Lipinski definition) is 1. The van der Waals surface area contributed by atoms with E-state index in [-0.39, 0.29) is 6.54 Å². The van der Waals surface area contributed by atoms with E-state index < -0.39 is 19.5 Å². The van der Waals surface area contributed by atoms with E-state index in [1.165, 1.54) is 18.5 Å². The minimum absolute atomic E-state index is 0.187. The molecule has 0 fully saturated rings. The van der Waals surface area contributed by atoms with Crippen LogP contribution in [0.2, 0.25) is 0 Å². The van der Waals surface area contributed by atoms with Gasteiger partial charge in [0.25, 0.3) is 6.43 Å². The second kappa shape index (κ2) is 6.51. The number of hydrogen-bond acceptors (Lipinski definition) is 3. The van der Waals surface area contributed by atoms with Crippen LogP contribution in [0.15, 0.2) is 24.5 Å². The summed E-state index contributed by atoms with van der Waals surface area (Å²) in [5.74, 6) is 0. The smallest absolute Gasteiger partial charge is 0.305 e. The summed E-state index contributed by atoms with van der Waals surface area (Å²) in [7, 11) is 0. The molecule has 110 valence electrons. The summed E-state index contributed by atoms with van der Waals surface area (Å²) in [4.78, 5) is 0. The number of nitrogens with one attached hydrogen (secondary N) is 1. The van der Waals surface area contributed by atoms with Gasteiger partial charge in [0, 0.05) is 25.5 Å². The van der Waals surface area contributed by atoms with Crippen molar-refractivity contribution in [3.05, 3.63) is 35.9 Å². The van der Waals surface area contributed by atoms with Crippen LogP contribution in [-0.2, 0) is 19.6 Å². The number of halogens is 4. The fraction of sp³-hybridized carbons (Fsp3) is 0.455. The molecule has 0 saturated carbocycles. The van der Waals surface area contributed by atoms with E-state index in [0.29, 0.717) is 22.6 Å². The summed E-state index contributed by atoms with van der Waals surface area (Å²) in [5.41, 5.74) is 0.903. The van der Waals surface area contributed by atoms with Crippen molar-refractivity contribution >= 4 is 0 Å². The van der Waals surface area contributed by atoms with Crippen molar-refractivity contribution in [3.63, 3.8) is 0 Å². The molecule has 20 heavy (non-hydrogen) atoms. The second-order valence-corrected chi connectivity index (χ2v) is 4.07. The van der Waals surface area contributed by atoms with Gasteiger partial charge in [0.15, 0.2) is 0 Å². The summed E-state index contributed by atoms with van der Waals surface area (Å²) in [6, 6.07) is 3.08. The molecule has 0 aliphatic rings. The number of alkyl halides is 4. The zero-order valence-corrected chi connectivity index (χ0v) is 10.4. The Bertz CT molecular complexity index is 536. The Hall–Kier alpha value is -1.90. The molecule has 0 amide bonds. The Kier molecular flexibility index (Phi) is 4.72. The highest BCUT2D eigenvalue weighted by atomic mass is 19.3. The van der Waals surface area contributed by atoms with E-state index in [0.717, 1.165) is 4.68 Å². The lowest BCUT2D eigenvalue weighted by molar-refractivity contribution is 0.0531. The largest absolute Gasteiger partial charge is 0.333 e. The topological polar surface area (TPSA) is 47.7 Å². The van der Waals surface area contributed by atoms with Crippen LogP contribution in [0.5, 0.6) is 0 Å². The standard InChI is InChI=1S/C11H13F4N5/c12-10(13)7-19-4-2-8(18-19)5-16-6-9-1-3-17-20(9)11(14)15/h1-4,10-11,16H,5-7H2. The Morgan fingerprint density at radius 3 is 2.65 bits per heavy atom. The highest BCUT2D eigenvalue weighted by Gasteiger charge is 2.11. The zero-order valence-electron chi connectivity index (χ0n) is 10.4. The molecular formula is C11H13F4N5. The monoisotopic (exact) mass is 291 g/mol. The lowest BCUT2D eigenvalue weighted by atomic mass is 10.4. The van der Waals surface area contributed by atoms with E-state index in [2.05, 4.69) is 15.5 Å². The summed E-state index contributed by atoms with van der Waals surface area (Å²) < 4.78 is 51.1. The molecule has 1 N–H and O–H groups in total. The van der Waals surface area contributed by atoms with E-state index >= 15 is 0 Å². The van der Waals surface area contributed by atoms with Gasteiger partial charge in [0.05, 0.1) is 11.4 Å². The van der Waals surface area contributed by atoms with Crippen LogP contribution in [0.1, 0.15) is 17.9 Å². The maximum absolute atomic E-state index is 12.5. The summed E-state index contributed by atoms with van der Waals surface area (Å²) >= 11 is 0. The van der Waals surface area contributed by atoms with Crippen LogP contribution in [0.25, 0.3) is 0 Å². The average molecular weight is 291 g/mol. The van der Waals surface area contributed by atoms with Crippen molar-refractivity contribution in [2.75, 3.05) is 0 Å². The first-order chi connectivity index (χ1) is 9.56. The first-order valence-corrected chi connectivity index (χ1v) is 5.88. The molecule has 0 bridgehead atoms. The first-order valence-electron chi connectivity index (χ1n) is 5.88. The van der Waals surface area contributed by atoms with E-state index in [1.54, 1.807) is 6.07 Å². The van der Waals surface area contributed by atoms with Crippen LogP contribution in [0.3, 0.4) is 0 Å². The minimum atomic E-state index is -2.69. The van der Waals surface area contributed by atoms with Crippen molar-refractivity contribution in [2.24, 2.45) is 0 Å². The average Bonchev–Trinajstić information content (AvgIpc) is 2.98. The lowest BCUT2D eigenvalue weighted by Gasteiger charge is -2.06. The van der Waals surface area contributed by atoms with E-state index in [1.807, 2.05) is 0 Å². The molecule has 0 atom stereocenters. The Labute approximate surface area is 112 Å². The fourth-order valence-electron chi connectivity index (χ4n) is 1.72. The van der Waals surface area contributed by atoms with Crippen LogP contribution < -0.4 is 5.32 Å². The first kappa shape index (κ1) is 14.5. The quantitative estimate of drug-likeness (QED) is 0.794. The van der Waals surface area contributed by atoms with E-state index in [4.69, 9.17) is 0 Å². The van der Waals surface area contributed by atoms with Crippen LogP contribution in [0, 0.1) is 0 Å². The molecule has 0 aliphatic heterocycles. The third-order valence-electron chi connectivity index (χ3n) is 2.57. The van der Waals surface area contributed by atoms with Gasteiger partial charge >= 0.3 is 6.55 Å². The van der Waals surface area contributed by atoms with Gasteiger partial charge in [-0.1, -0.05) is 0 Å². The van der Waals surface area contributed by atoms with Crippen LogP contribution in [-0.4, -0.2) is 26.0 Å². The van der Waals surface area contributed by atoms with Gasteiger partial charge in [0.2, 0.25) is 0 Å². The van der Waals surface area contributed by atoms with E-state index in [9.17, 15) is 17.6 Å². The summed E-state index contributed by atoms with van der Waals surface area (Å²) in [5, 5.41) is 10.3. The molecule has 0 aliphatic carbocycles. The van der Waals surface area contributed by atoms with Gasteiger partial charge in [0.1, 0.15) is 6.54 Å². The van der Waals surface area contributed by atoms with Crippen LogP contribution in [0.4, 0.5) is 17.6 Å². The van der Waals surface area contributed by atoms with Gasteiger partial charge in [-0.25, -0.2) is 13.5 Å². The Morgan fingerprint density at radius 1 is 1.15 bits per heavy atom. The Balaban J connectivity index is 1.83. The van der Waals surface area contributed by atoms with Crippen molar-refractivity contribution in [2.45, 2.75) is 32.6 Å². The third-order valence-corrected chi connectivity index (χ3v) is 2.57. The highest BCUT2D eigenvalue weighted by molar-refractivity contribution is 5.02. The van der Waals surface area contributed by atoms with Crippen LogP contribution >= 0.6 is 0 Å². The molecular weight excluding hydrogens is 278 g/mol. The summed E-state index contributed by atoms with van der Waals surface area (Å²) in [6.45, 7) is -2.67. The molecule has 0 aromatic carbocycles. The zero-order chi connectivity index (χ0) is 14.5. The van der Waals surface area contributed by atoms with Gasteiger partial charge in [-0.2, -0.15) is 19.0 Å². The van der Waals surface area contributed by atoms with Gasteiger partial charge in [-0.05, 0) is 12.1 Å². The molecule has 2 heterocycles. The molecule has 0 unspecified atom stereocenters. The summed E-state index contributed by atoms with van der Waals surface area (Å²) in [6.07, 6.45) is 0.281. The molecule has 0 saturated heterocycles. The van der Waals surface area contributed by atoms with Crippen molar-refractivity contribution < 1.29 is 17.6 Å². The van der Waals surface area contributed by atoms with Gasteiger partial charge in [-0.3, -0.25) is 4.68 Å². The number of nitrogens with zero attached hydrogens (tertiary/aromatic N) is 4. The molecule has 2 aromatic rings. The maximum Gasteiger partial charge on any atom is 0.333 e. The molecule has 0 radical (unpaired) electrons. The predicted molar refractivity (Wildman–Crippen MR) is 62.3 cm³/mol. The fourth-order valence-corrected chi connectivity index (χ4v) is 1.72. The molecule has 5 nitrogen and oxygen atoms in total. The third kappa shape index (κ3) is 3.80. The SMILES string of the molecule is FC(F)Cn1ccc(CNCc2ccnn2C(F)F)n1. The number of aromatic nitrogens is 4. The van der Waals surface area contributed by atoms with Crippen molar-refractivity contribution in [1.82, 2.24) is 24.9 Å². The second-order valence-electron chi connectivity index (χ2n) is 4.07. The molecule has 2 aromatic heterocycles. The Morgan fingerprint density at radius 2 is 1.95 bits per heavy atom. The highest BCUT2D eigenvalue weighted by Crippen LogP contribution is 2.11.